The Bertz CT molecular complexity index is 1120. The third-order valence-electron chi connectivity index (χ3n) is 6.95. The van der Waals surface area contributed by atoms with E-state index >= 15 is 0 Å². The maximum Gasteiger partial charge on any atom is 0.257 e. The minimum absolute atomic E-state index is 0.0146. The normalized spacial score (nSPS) is 21.1. The highest BCUT2D eigenvalue weighted by atomic mass is 16.5. The van der Waals surface area contributed by atoms with Gasteiger partial charge in [-0.2, -0.15) is 0 Å². The number of furan rings is 1. The van der Waals surface area contributed by atoms with Crippen LogP contribution in [0.2, 0.25) is 0 Å². The number of ether oxygens (including phenoxy) is 1. The van der Waals surface area contributed by atoms with Gasteiger partial charge in [0, 0.05) is 37.5 Å². The lowest BCUT2D eigenvalue weighted by atomic mass is 9.71. The Balaban J connectivity index is 1.44. The highest BCUT2D eigenvalue weighted by Gasteiger charge is 2.54. The van der Waals surface area contributed by atoms with Gasteiger partial charge in [0.1, 0.15) is 6.26 Å². The van der Waals surface area contributed by atoms with Crippen LogP contribution in [0.1, 0.15) is 57.7 Å². The molecule has 0 radical (unpaired) electrons. The summed E-state index contributed by atoms with van der Waals surface area (Å²) in [5, 5.41) is 3.22. The van der Waals surface area contributed by atoms with Crippen molar-refractivity contribution in [3.05, 3.63) is 89.6 Å². The van der Waals surface area contributed by atoms with Crippen molar-refractivity contribution in [3.8, 4) is 0 Å². The summed E-state index contributed by atoms with van der Waals surface area (Å²) in [4.78, 5) is 31.8. The second kappa shape index (κ2) is 8.83. The fourth-order valence-corrected chi connectivity index (χ4v) is 5.40. The van der Waals surface area contributed by atoms with Gasteiger partial charge in [-0.3, -0.25) is 14.6 Å². The Morgan fingerprint density at radius 1 is 1.15 bits per heavy atom. The molecule has 170 valence electrons. The largest absolute Gasteiger partial charge is 0.472 e. The average Bonchev–Trinajstić information content (AvgIpc) is 3.48. The third-order valence-corrected chi connectivity index (χ3v) is 6.95. The van der Waals surface area contributed by atoms with Gasteiger partial charge in [0.25, 0.3) is 11.8 Å². The summed E-state index contributed by atoms with van der Waals surface area (Å²) >= 11 is 0. The number of nitrogens with zero attached hydrogens (tertiary/aromatic N) is 2. The Morgan fingerprint density at radius 3 is 2.67 bits per heavy atom. The molecule has 2 aromatic heterocycles. The number of hydrogen-bond donors (Lipinski definition) is 1. The van der Waals surface area contributed by atoms with Gasteiger partial charge in [-0.1, -0.05) is 24.3 Å². The van der Waals surface area contributed by atoms with E-state index in [1.54, 1.807) is 30.6 Å². The summed E-state index contributed by atoms with van der Waals surface area (Å²) in [5.74, 6) is -0.184. The first kappa shape index (κ1) is 21.4. The van der Waals surface area contributed by atoms with E-state index in [-0.39, 0.29) is 29.4 Å². The molecule has 0 bridgehead atoms. The molecule has 1 aromatic carbocycles. The van der Waals surface area contributed by atoms with Crippen LogP contribution in [-0.4, -0.2) is 47.5 Å². The number of carbonyl (C=O) groups excluding carboxylic acids is 2. The molecule has 5 rings (SSSR count). The van der Waals surface area contributed by atoms with Gasteiger partial charge < -0.3 is 19.4 Å². The highest BCUT2D eigenvalue weighted by Crippen LogP contribution is 2.52. The summed E-state index contributed by atoms with van der Waals surface area (Å²) < 4.78 is 11.4. The van der Waals surface area contributed by atoms with Crippen LogP contribution in [0, 0.1) is 0 Å². The second-order valence-corrected chi connectivity index (χ2v) is 8.62. The molecule has 1 N–H and O–H groups in total. The van der Waals surface area contributed by atoms with Crippen molar-refractivity contribution < 1.29 is 18.7 Å². The van der Waals surface area contributed by atoms with Crippen LogP contribution in [-0.2, 0) is 10.2 Å². The summed E-state index contributed by atoms with van der Waals surface area (Å²) in [5.41, 5.74) is 3.11. The topological polar surface area (TPSA) is 84.7 Å². The Labute approximate surface area is 192 Å². The van der Waals surface area contributed by atoms with E-state index in [4.69, 9.17) is 9.15 Å². The monoisotopic (exact) mass is 445 g/mol. The van der Waals surface area contributed by atoms with Crippen molar-refractivity contribution in [2.75, 3.05) is 19.7 Å². The van der Waals surface area contributed by atoms with E-state index in [9.17, 15) is 9.59 Å². The van der Waals surface area contributed by atoms with Crippen molar-refractivity contribution in [2.24, 2.45) is 0 Å². The van der Waals surface area contributed by atoms with Gasteiger partial charge >= 0.3 is 0 Å². The lowest BCUT2D eigenvalue weighted by Gasteiger charge is -2.44. The molecular weight excluding hydrogens is 418 g/mol. The summed E-state index contributed by atoms with van der Waals surface area (Å²) in [6.07, 6.45) is 7.54. The molecule has 1 aliphatic carbocycles. The van der Waals surface area contributed by atoms with E-state index in [2.05, 4.69) is 22.4 Å². The number of piperidine rings is 1. The van der Waals surface area contributed by atoms with Gasteiger partial charge in [-0.05, 0) is 49.1 Å². The lowest BCUT2D eigenvalue weighted by Crippen LogP contribution is -2.52. The quantitative estimate of drug-likeness (QED) is 0.647. The molecule has 1 spiro atoms. The molecule has 33 heavy (non-hydrogen) atoms. The SMILES string of the molecule is CCO[C@H]1[C@H](NC(=O)c2cccnc2)c2ccccc2C12CCN(C(=O)c1ccoc1)CC2. The molecule has 7 heteroatoms. The molecule has 3 heterocycles. The van der Waals surface area contributed by atoms with Crippen LogP contribution in [0.25, 0.3) is 0 Å². The third kappa shape index (κ3) is 3.72. The van der Waals surface area contributed by atoms with Gasteiger partial charge in [0.05, 0.1) is 29.5 Å². The van der Waals surface area contributed by atoms with Gasteiger partial charge in [0.15, 0.2) is 0 Å². The molecule has 2 amide bonds. The van der Waals surface area contributed by atoms with Crippen molar-refractivity contribution in [3.63, 3.8) is 0 Å². The minimum atomic E-state index is -0.273. The molecule has 0 unspecified atom stereocenters. The average molecular weight is 446 g/mol. The van der Waals surface area contributed by atoms with E-state index < -0.39 is 0 Å². The van der Waals surface area contributed by atoms with E-state index in [1.807, 2.05) is 24.0 Å². The number of benzene rings is 1. The van der Waals surface area contributed by atoms with Gasteiger partial charge in [-0.25, -0.2) is 0 Å². The zero-order chi connectivity index (χ0) is 22.8. The van der Waals surface area contributed by atoms with Crippen molar-refractivity contribution >= 4 is 11.8 Å². The van der Waals surface area contributed by atoms with Crippen LogP contribution < -0.4 is 5.32 Å². The molecule has 3 aromatic rings. The summed E-state index contributed by atoms with van der Waals surface area (Å²) in [6.45, 7) is 3.75. The number of pyridine rings is 1. The number of rotatable bonds is 5. The van der Waals surface area contributed by atoms with Crippen molar-refractivity contribution in [2.45, 2.75) is 37.3 Å². The maximum atomic E-state index is 13.0. The summed E-state index contributed by atoms with van der Waals surface area (Å²) in [6, 6.07) is 13.2. The van der Waals surface area contributed by atoms with Crippen LogP contribution in [0.15, 0.2) is 71.8 Å². The van der Waals surface area contributed by atoms with Gasteiger partial charge in [0.2, 0.25) is 0 Å². The molecule has 1 fully saturated rings. The Kier molecular flexibility index (Phi) is 5.72. The Hall–Kier alpha value is -3.45. The molecule has 2 atom stereocenters. The number of fused-ring (bicyclic) bond motifs is 2. The number of likely N-dealkylation sites (tertiary alicyclic amines) is 1. The number of amides is 2. The first-order chi connectivity index (χ1) is 16.1. The second-order valence-electron chi connectivity index (χ2n) is 8.62. The smallest absolute Gasteiger partial charge is 0.257 e. The zero-order valence-electron chi connectivity index (χ0n) is 18.6. The minimum Gasteiger partial charge on any atom is -0.472 e. The summed E-state index contributed by atoms with van der Waals surface area (Å²) in [7, 11) is 0. The van der Waals surface area contributed by atoms with E-state index in [1.165, 1.54) is 18.1 Å². The number of hydrogen-bond acceptors (Lipinski definition) is 5. The standard InChI is InChI=1S/C26H27N3O4/c1-2-33-23-22(28-24(30)18-6-5-12-27-16-18)20-7-3-4-8-21(20)26(23)10-13-29(14-11-26)25(31)19-9-15-32-17-19/h3-9,12,15-17,22-23H,2,10-11,13-14H2,1H3,(H,28,30)/t22-,23+/m1/s1. The molecule has 2 aliphatic rings. The first-order valence-corrected chi connectivity index (χ1v) is 11.4. The van der Waals surface area contributed by atoms with Gasteiger partial charge in [-0.15, -0.1) is 0 Å². The molecular formula is C26H27N3O4. The molecule has 0 saturated carbocycles. The highest BCUT2D eigenvalue weighted by molar-refractivity contribution is 5.94. The molecule has 7 nitrogen and oxygen atoms in total. The Morgan fingerprint density at radius 2 is 1.97 bits per heavy atom. The fourth-order valence-electron chi connectivity index (χ4n) is 5.40. The van der Waals surface area contributed by atoms with Crippen LogP contribution in [0.5, 0.6) is 0 Å². The predicted octanol–water partition coefficient (Wildman–Crippen LogP) is 3.74. The van der Waals surface area contributed by atoms with Crippen molar-refractivity contribution in [1.82, 2.24) is 15.2 Å². The number of aromatic nitrogens is 1. The van der Waals surface area contributed by atoms with Crippen LogP contribution in [0.4, 0.5) is 0 Å². The molecule has 1 saturated heterocycles. The zero-order valence-corrected chi connectivity index (χ0v) is 18.6. The first-order valence-electron chi connectivity index (χ1n) is 11.4. The fraction of sp³-hybridized carbons (Fsp3) is 0.346. The number of carbonyl (C=O) groups is 2. The van der Waals surface area contributed by atoms with E-state index in [0.29, 0.717) is 30.8 Å². The predicted molar refractivity (Wildman–Crippen MR) is 122 cm³/mol. The molecule has 1 aliphatic heterocycles. The maximum absolute atomic E-state index is 13.0. The lowest BCUT2D eigenvalue weighted by molar-refractivity contribution is -0.0305. The van der Waals surface area contributed by atoms with Crippen molar-refractivity contribution in [1.29, 1.82) is 0 Å². The van der Waals surface area contributed by atoms with Crippen LogP contribution >= 0.6 is 0 Å². The number of nitrogens with one attached hydrogen (secondary N) is 1. The van der Waals surface area contributed by atoms with Crippen LogP contribution in [0.3, 0.4) is 0 Å². The van der Waals surface area contributed by atoms with E-state index in [0.717, 1.165) is 18.4 Å².